The van der Waals surface area contributed by atoms with E-state index in [0.717, 1.165) is 17.0 Å². The topological polar surface area (TPSA) is 147 Å². The Morgan fingerprint density at radius 2 is 1.78 bits per heavy atom. The van der Waals surface area contributed by atoms with Crippen LogP contribution in [-0.2, 0) is 14.4 Å². The molecule has 16 heteroatoms. The van der Waals surface area contributed by atoms with Gasteiger partial charge in [-0.3, -0.25) is 29.1 Å². The van der Waals surface area contributed by atoms with E-state index in [1.165, 1.54) is 42.6 Å². The van der Waals surface area contributed by atoms with Gasteiger partial charge in [-0.2, -0.15) is 5.26 Å². The number of amides is 4. The minimum Gasteiger partial charge on any atom is -0.465 e. The Kier molecular flexibility index (Phi) is 8.84. The molecule has 2 heterocycles. The summed E-state index contributed by atoms with van der Waals surface area (Å²) in [5.41, 5.74) is -0.557. The van der Waals surface area contributed by atoms with Crippen LogP contribution in [0.5, 0.6) is 0 Å². The van der Waals surface area contributed by atoms with Crippen molar-refractivity contribution in [1.29, 1.82) is 5.26 Å². The van der Waals surface area contributed by atoms with E-state index in [1.54, 1.807) is 0 Å². The van der Waals surface area contributed by atoms with Crippen molar-refractivity contribution in [3.05, 3.63) is 88.6 Å². The average Bonchev–Trinajstić information content (AvgIpc) is 2.98. The molecule has 3 aromatic rings. The summed E-state index contributed by atoms with van der Waals surface area (Å²) >= 11 is 6.45. The fraction of sp³-hybridized carbons (Fsp3) is 0.267. The highest BCUT2D eigenvalue weighted by molar-refractivity contribution is 6.31. The first kappa shape index (κ1) is 32.2. The van der Waals surface area contributed by atoms with Gasteiger partial charge in [0.15, 0.2) is 0 Å². The molecule has 238 valence electrons. The molecule has 1 aliphatic carbocycles. The lowest BCUT2D eigenvalue weighted by molar-refractivity contribution is -0.133. The largest absolute Gasteiger partial charge is 0.465 e. The second-order valence-corrected chi connectivity index (χ2v) is 11.1. The number of aromatic nitrogens is 1. The van der Waals surface area contributed by atoms with Gasteiger partial charge >= 0.3 is 6.09 Å². The summed E-state index contributed by atoms with van der Waals surface area (Å²) in [6, 6.07) is 7.32. The molecule has 1 aromatic heterocycles. The van der Waals surface area contributed by atoms with Crippen molar-refractivity contribution in [1.82, 2.24) is 15.2 Å². The number of carbonyl (C=O) groups is 4. The molecule has 11 nitrogen and oxygen atoms in total. The van der Waals surface area contributed by atoms with Gasteiger partial charge in [-0.25, -0.2) is 27.3 Å². The first-order chi connectivity index (χ1) is 21.8. The van der Waals surface area contributed by atoms with Crippen molar-refractivity contribution in [3.8, 4) is 6.07 Å². The predicted molar refractivity (Wildman–Crippen MR) is 154 cm³/mol. The lowest BCUT2D eigenvalue weighted by atomic mass is 9.87. The predicted octanol–water partition coefficient (Wildman–Crippen LogP) is 4.27. The van der Waals surface area contributed by atoms with Crippen LogP contribution in [0.25, 0.3) is 0 Å². The Hall–Kier alpha value is -5.23. The highest BCUT2D eigenvalue weighted by Crippen LogP contribution is 2.39. The number of carbonyl (C=O) groups excluding carboxylic acids is 3. The molecule has 5 rings (SSSR count). The van der Waals surface area contributed by atoms with Crippen LogP contribution in [0.3, 0.4) is 0 Å². The fourth-order valence-corrected chi connectivity index (χ4v) is 5.63. The van der Waals surface area contributed by atoms with E-state index >= 15 is 0 Å². The number of halogens is 5. The molecule has 2 aromatic carbocycles. The second kappa shape index (κ2) is 12.6. The summed E-state index contributed by atoms with van der Waals surface area (Å²) in [5.74, 6) is -8.74. The van der Waals surface area contributed by atoms with Gasteiger partial charge in [0.2, 0.25) is 11.8 Å². The van der Waals surface area contributed by atoms with Crippen molar-refractivity contribution in [2.24, 2.45) is 0 Å². The Balaban J connectivity index is 1.69. The molecule has 0 spiro atoms. The number of pyridine rings is 1. The zero-order valence-electron chi connectivity index (χ0n) is 23.5. The van der Waals surface area contributed by atoms with Crippen molar-refractivity contribution in [3.63, 3.8) is 0 Å². The zero-order valence-corrected chi connectivity index (χ0v) is 24.3. The van der Waals surface area contributed by atoms with Gasteiger partial charge in [0.25, 0.3) is 11.8 Å². The molecule has 2 aliphatic rings. The van der Waals surface area contributed by atoms with Crippen LogP contribution in [0, 0.1) is 23.0 Å². The quantitative estimate of drug-likeness (QED) is 0.361. The van der Waals surface area contributed by atoms with Crippen LogP contribution in [0.2, 0.25) is 5.02 Å². The molecule has 2 atom stereocenters. The van der Waals surface area contributed by atoms with Gasteiger partial charge in [0.1, 0.15) is 36.1 Å². The molecule has 1 saturated heterocycles. The molecule has 0 radical (unpaired) electrons. The van der Waals surface area contributed by atoms with E-state index in [0.29, 0.717) is 15.9 Å². The van der Waals surface area contributed by atoms with Crippen LogP contribution < -0.4 is 15.1 Å². The SMILES string of the molecule is N#Cc1ccnc(N2C(=O)CN(C(=O)O)CC2C(=O)N(c2cc(F)cc(F)c2)[C@@H](C(=O)NC2CC(F)(F)C2)c2ccccc2Cl)c1. The van der Waals surface area contributed by atoms with Gasteiger partial charge in [-0.1, -0.05) is 29.8 Å². The van der Waals surface area contributed by atoms with Gasteiger partial charge in [0, 0.05) is 41.7 Å². The maximum atomic E-state index is 14.7. The fourth-order valence-electron chi connectivity index (χ4n) is 5.39. The van der Waals surface area contributed by atoms with Gasteiger partial charge in [0.05, 0.1) is 23.9 Å². The number of alkyl halides is 2. The van der Waals surface area contributed by atoms with E-state index in [4.69, 9.17) is 11.6 Å². The Morgan fingerprint density at radius 1 is 1.11 bits per heavy atom. The van der Waals surface area contributed by atoms with Crippen molar-refractivity contribution < 1.29 is 41.8 Å². The minimum absolute atomic E-state index is 0.0411. The molecule has 46 heavy (non-hydrogen) atoms. The van der Waals surface area contributed by atoms with Crippen LogP contribution >= 0.6 is 11.6 Å². The highest BCUT2D eigenvalue weighted by Gasteiger charge is 2.49. The van der Waals surface area contributed by atoms with E-state index < -0.39 is 91.1 Å². The molecule has 1 unspecified atom stereocenters. The van der Waals surface area contributed by atoms with E-state index in [-0.39, 0.29) is 22.0 Å². The van der Waals surface area contributed by atoms with Crippen LogP contribution in [0.15, 0.2) is 60.8 Å². The summed E-state index contributed by atoms with van der Waals surface area (Å²) in [4.78, 5) is 60.2. The highest BCUT2D eigenvalue weighted by atomic mass is 35.5. The number of benzene rings is 2. The Bertz CT molecular complexity index is 1740. The standard InChI is InChI=1S/C30H23ClF4N6O5/c31-22-4-2-1-3-21(22)26(27(43)38-19-11-30(34,35)12-19)40(20-9-17(32)8-18(33)10-20)28(44)23-14-39(29(45)46)15-25(42)41(23)24-7-16(13-36)5-6-37-24/h1-10,19,23,26H,11-12,14-15H2,(H,38,43)(H,45,46)/t23?,26-/m1/s1. The first-order valence-corrected chi connectivity index (χ1v) is 14.0. The molecular weight excluding hydrogens is 636 g/mol. The van der Waals surface area contributed by atoms with E-state index in [2.05, 4.69) is 10.3 Å². The molecule has 0 bridgehead atoms. The lowest BCUT2D eigenvalue weighted by Crippen LogP contribution is -2.64. The summed E-state index contributed by atoms with van der Waals surface area (Å²) in [6.07, 6.45) is -1.79. The summed E-state index contributed by atoms with van der Waals surface area (Å²) < 4.78 is 56.7. The summed E-state index contributed by atoms with van der Waals surface area (Å²) in [6.45, 7) is -1.39. The van der Waals surface area contributed by atoms with Gasteiger partial charge < -0.3 is 10.4 Å². The number of carboxylic acid groups (broad SMARTS) is 1. The maximum absolute atomic E-state index is 14.7. The minimum atomic E-state index is -3.03. The van der Waals surface area contributed by atoms with Crippen LogP contribution in [0.4, 0.5) is 33.9 Å². The zero-order chi connectivity index (χ0) is 33.3. The monoisotopic (exact) mass is 658 g/mol. The first-order valence-electron chi connectivity index (χ1n) is 13.7. The van der Waals surface area contributed by atoms with Crippen molar-refractivity contribution >= 4 is 46.9 Å². The molecule has 1 saturated carbocycles. The normalized spacial score (nSPS) is 18.3. The summed E-state index contributed by atoms with van der Waals surface area (Å²) in [7, 11) is 0. The van der Waals surface area contributed by atoms with Crippen molar-refractivity contribution in [2.75, 3.05) is 22.9 Å². The average molecular weight is 659 g/mol. The third-order valence-corrected chi connectivity index (χ3v) is 7.83. The van der Waals surface area contributed by atoms with Crippen LogP contribution in [-0.4, -0.2) is 69.9 Å². The molecule has 2 N–H and O–H groups in total. The third kappa shape index (κ3) is 6.57. The Morgan fingerprint density at radius 3 is 2.39 bits per heavy atom. The van der Waals surface area contributed by atoms with E-state index in [9.17, 15) is 47.1 Å². The van der Waals surface area contributed by atoms with E-state index in [1.807, 2.05) is 6.07 Å². The third-order valence-electron chi connectivity index (χ3n) is 7.48. The summed E-state index contributed by atoms with van der Waals surface area (Å²) in [5, 5.41) is 21.5. The smallest absolute Gasteiger partial charge is 0.407 e. The number of piperazine rings is 1. The number of nitriles is 1. The lowest BCUT2D eigenvalue weighted by Gasteiger charge is -2.42. The number of hydrogen-bond donors (Lipinski definition) is 2. The molecule has 1 aliphatic heterocycles. The van der Waals surface area contributed by atoms with Crippen LogP contribution in [0.1, 0.15) is 30.0 Å². The molecular formula is C30H23ClF4N6O5. The van der Waals surface area contributed by atoms with Gasteiger partial charge in [-0.05, 0) is 30.3 Å². The molecule has 2 fully saturated rings. The number of hydrogen-bond acceptors (Lipinski definition) is 6. The number of nitrogens with zero attached hydrogens (tertiary/aromatic N) is 5. The van der Waals surface area contributed by atoms with Crippen molar-refractivity contribution in [2.45, 2.75) is 36.9 Å². The number of rotatable bonds is 7. The Labute approximate surface area is 263 Å². The number of anilines is 2. The second-order valence-electron chi connectivity index (χ2n) is 10.7. The number of nitrogens with one attached hydrogen (secondary N) is 1. The van der Waals surface area contributed by atoms with Gasteiger partial charge in [-0.15, -0.1) is 0 Å². The molecule has 4 amide bonds. The maximum Gasteiger partial charge on any atom is 0.407 e.